The van der Waals surface area contributed by atoms with Crippen LogP contribution in [-0.4, -0.2) is 23.2 Å². The molecule has 0 fully saturated rings. The van der Waals surface area contributed by atoms with Crippen molar-refractivity contribution in [3.8, 4) is 16.3 Å². The molecule has 1 heterocycles. The Bertz CT molecular complexity index is 889. The highest BCUT2D eigenvalue weighted by atomic mass is 32.1. The van der Waals surface area contributed by atoms with Crippen molar-refractivity contribution in [1.82, 2.24) is 10.2 Å². The molecule has 0 spiro atoms. The van der Waals surface area contributed by atoms with Gasteiger partial charge in [-0.3, -0.25) is 10.1 Å². The van der Waals surface area contributed by atoms with Crippen molar-refractivity contribution in [2.24, 2.45) is 0 Å². The van der Waals surface area contributed by atoms with E-state index in [2.05, 4.69) is 15.5 Å². The molecule has 0 atom stereocenters. The fourth-order valence-electron chi connectivity index (χ4n) is 2.26. The lowest BCUT2D eigenvalue weighted by molar-refractivity contribution is 0.102. The minimum Gasteiger partial charge on any atom is -0.496 e. The molecule has 0 saturated carbocycles. The summed E-state index contributed by atoms with van der Waals surface area (Å²) in [5.41, 5.74) is 3.69. The minimum atomic E-state index is -0.194. The van der Waals surface area contributed by atoms with Gasteiger partial charge in [0.05, 0.1) is 12.7 Å². The van der Waals surface area contributed by atoms with Crippen LogP contribution >= 0.6 is 11.3 Å². The number of para-hydroxylation sites is 1. The maximum atomic E-state index is 12.3. The van der Waals surface area contributed by atoms with Gasteiger partial charge in [0.15, 0.2) is 5.01 Å². The fraction of sp³-hybridized carbons (Fsp3) is 0.167. The second-order valence-electron chi connectivity index (χ2n) is 5.37. The number of nitrogens with zero attached hydrogens (tertiary/aromatic N) is 2. The Morgan fingerprint density at radius 3 is 2.62 bits per heavy atom. The number of nitrogens with one attached hydrogen (secondary N) is 1. The molecule has 5 nitrogen and oxygen atoms in total. The van der Waals surface area contributed by atoms with Crippen LogP contribution < -0.4 is 10.1 Å². The van der Waals surface area contributed by atoms with Gasteiger partial charge in [-0.1, -0.05) is 29.5 Å². The van der Waals surface area contributed by atoms with E-state index in [9.17, 15) is 4.79 Å². The SMILES string of the molecule is COc1ccccc1-c1nnc(NC(=O)c2ccc(C)c(C)c2)s1. The number of benzene rings is 2. The van der Waals surface area contributed by atoms with Crippen LogP contribution in [0.15, 0.2) is 42.5 Å². The van der Waals surface area contributed by atoms with Crippen LogP contribution in [0.2, 0.25) is 0 Å². The standard InChI is InChI=1S/C18H17N3O2S/c1-11-8-9-13(10-12(11)2)16(22)19-18-21-20-17(24-18)14-6-4-5-7-15(14)23-3/h4-10H,1-3H3,(H,19,21,22). The van der Waals surface area contributed by atoms with Crippen LogP contribution in [0.5, 0.6) is 5.75 Å². The quantitative estimate of drug-likeness (QED) is 0.778. The number of methoxy groups -OCH3 is 1. The van der Waals surface area contributed by atoms with Crippen molar-refractivity contribution in [1.29, 1.82) is 0 Å². The first-order valence-electron chi connectivity index (χ1n) is 7.44. The number of hydrogen-bond donors (Lipinski definition) is 1. The van der Waals surface area contributed by atoms with Crippen molar-refractivity contribution >= 4 is 22.4 Å². The van der Waals surface area contributed by atoms with Crippen LogP contribution in [0.1, 0.15) is 21.5 Å². The van der Waals surface area contributed by atoms with Gasteiger partial charge in [0.2, 0.25) is 5.13 Å². The van der Waals surface area contributed by atoms with E-state index in [4.69, 9.17) is 4.74 Å². The Kier molecular flexibility index (Phi) is 4.57. The van der Waals surface area contributed by atoms with Crippen molar-refractivity contribution in [3.63, 3.8) is 0 Å². The third-order valence-corrected chi connectivity index (χ3v) is 4.62. The van der Waals surface area contributed by atoms with Gasteiger partial charge < -0.3 is 4.74 Å². The zero-order valence-electron chi connectivity index (χ0n) is 13.7. The lowest BCUT2D eigenvalue weighted by Crippen LogP contribution is -2.12. The summed E-state index contributed by atoms with van der Waals surface area (Å²) in [6.45, 7) is 4.00. The highest BCUT2D eigenvalue weighted by Gasteiger charge is 2.14. The molecule has 1 aromatic heterocycles. The molecule has 0 aliphatic rings. The summed E-state index contributed by atoms with van der Waals surface area (Å²) in [6.07, 6.45) is 0. The van der Waals surface area contributed by atoms with Gasteiger partial charge >= 0.3 is 0 Å². The summed E-state index contributed by atoms with van der Waals surface area (Å²) in [5, 5.41) is 12.2. The molecule has 1 amide bonds. The largest absolute Gasteiger partial charge is 0.496 e. The second kappa shape index (κ2) is 6.80. The molecule has 0 aliphatic carbocycles. The summed E-state index contributed by atoms with van der Waals surface area (Å²) in [6, 6.07) is 13.2. The molecule has 122 valence electrons. The number of carbonyl (C=O) groups excluding carboxylic acids is 1. The predicted molar refractivity (Wildman–Crippen MR) is 95.8 cm³/mol. The number of anilines is 1. The average molecular weight is 339 g/mol. The minimum absolute atomic E-state index is 0.194. The molecule has 24 heavy (non-hydrogen) atoms. The van der Waals surface area contributed by atoms with Gasteiger partial charge in [-0.15, -0.1) is 10.2 Å². The molecule has 0 aliphatic heterocycles. The third-order valence-electron chi connectivity index (χ3n) is 3.75. The van der Waals surface area contributed by atoms with Crippen LogP contribution in [0.3, 0.4) is 0 Å². The summed E-state index contributed by atoms with van der Waals surface area (Å²) in [5.74, 6) is 0.529. The van der Waals surface area contributed by atoms with Gasteiger partial charge in [-0.2, -0.15) is 0 Å². The second-order valence-corrected chi connectivity index (χ2v) is 6.34. The van der Waals surface area contributed by atoms with Crippen molar-refractivity contribution in [3.05, 3.63) is 59.2 Å². The Balaban J connectivity index is 1.81. The van der Waals surface area contributed by atoms with Gasteiger partial charge in [0.25, 0.3) is 5.91 Å². The zero-order valence-corrected chi connectivity index (χ0v) is 14.5. The van der Waals surface area contributed by atoms with Crippen molar-refractivity contribution < 1.29 is 9.53 Å². The van der Waals surface area contributed by atoms with Crippen molar-refractivity contribution in [2.45, 2.75) is 13.8 Å². The highest BCUT2D eigenvalue weighted by molar-refractivity contribution is 7.18. The molecule has 0 bridgehead atoms. The van der Waals surface area contributed by atoms with Gasteiger partial charge in [0, 0.05) is 5.56 Å². The van der Waals surface area contributed by atoms with E-state index in [1.165, 1.54) is 11.3 Å². The molecular weight excluding hydrogens is 322 g/mol. The van der Waals surface area contributed by atoms with E-state index in [0.29, 0.717) is 15.7 Å². The topological polar surface area (TPSA) is 64.1 Å². The predicted octanol–water partition coefficient (Wildman–Crippen LogP) is 4.08. The van der Waals surface area contributed by atoms with Crippen LogP contribution in [0.25, 0.3) is 10.6 Å². The average Bonchev–Trinajstić information content (AvgIpc) is 3.05. The number of aryl methyl sites for hydroxylation is 2. The van der Waals surface area contributed by atoms with Crippen LogP contribution in [0.4, 0.5) is 5.13 Å². The molecule has 0 radical (unpaired) electrons. The number of ether oxygens (including phenoxy) is 1. The number of rotatable bonds is 4. The van der Waals surface area contributed by atoms with Gasteiger partial charge in [0.1, 0.15) is 5.75 Å². The van der Waals surface area contributed by atoms with E-state index < -0.39 is 0 Å². The van der Waals surface area contributed by atoms with E-state index in [1.54, 1.807) is 13.2 Å². The lowest BCUT2D eigenvalue weighted by atomic mass is 10.1. The fourth-order valence-corrected chi connectivity index (χ4v) is 3.02. The highest BCUT2D eigenvalue weighted by Crippen LogP contribution is 2.33. The van der Waals surface area contributed by atoms with E-state index in [1.807, 2.05) is 50.2 Å². The van der Waals surface area contributed by atoms with Gasteiger partial charge in [-0.25, -0.2) is 0 Å². The Morgan fingerprint density at radius 2 is 1.88 bits per heavy atom. The number of hydrogen-bond acceptors (Lipinski definition) is 5. The molecule has 6 heteroatoms. The Labute approximate surface area is 144 Å². The van der Waals surface area contributed by atoms with Crippen molar-refractivity contribution in [2.75, 3.05) is 12.4 Å². The first-order chi connectivity index (χ1) is 11.6. The molecule has 3 aromatic rings. The maximum absolute atomic E-state index is 12.3. The Morgan fingerprint density at radius 1 is 1.08 bits per heavy atom. The molecule has 1 N–H and O–H groups in total. The van der Waals surface area contributed by atoms with E-state index in [0.717, 1.165) is 22.4 Å². The summed E-state index contributed by atoms with van der Waals surface area (Å²) in [4.78, 5) is 12.3. The number of carbonyl (C=O) groups is 1. The maximum Gasteiger partial charge on any atom is 0.257 e. The smallest absolute Gasteiger partial charge is 0.257 e. The summed E-state index contributed by atoms with van der Waals surface area (Å²) < 4.78 is 5.34. The Hall–Kier alpha value is -2.73. The van der Waals surface area contributed by atoms with Crippen LogP contribution in [0, 0.1) is 13.8 Å². The number of amides is 1. The first-order valence-corrected chi connectivity index (χ1v) is 8.25. The molecular formula is C18H17N3O2S. The zero-order chi connectivity index (χ0) is 17.1. The monoisotopic (exact) mass is 339 g/mol. The van der Waals surface area contributed by atoms with E-state index in [-0.39, 0.29) is 5.91 Å². The molecule has 2 aromatic carbocycles. The van der Waals surface area contributed by atoms with Crippen LogP contribution in [-0.2, 0) is 0 Å². The normalized spacial score (nSPS) is 10.5. The number of aromatic nitrogens is 2. The lowest BCUT2D eigenvalue weighted by Gasteiger charge is -2.05. The summed E-state index contributed by atoms with van der Waals surface area (Å²) >= 11 is 1.31. The first kappa shape index (κ1) is 16.1. The van der Waals surface area contributed by atoms with E-state index >= 15 is 0 Å². The molecule has 0 saturated heterocycles. The van der Waals surface area contributed by atoms with Gasteiger partial charge in [-0.05, 0) is 49.2 Å². The molecule has 0 unspecified atom stereocenters. The molecule has 3 rings (SSSR count). The summed E-state index contributed by atoms with van der Waals surface area (Å²) in [7, 11) is 1.61. The third kappa shape index (κ3) is 3.28.